The van der Waals surface area contributed by atoms with Gasteiger partial charge in [0.1, 0.15) is 5.75 Å². The van der Waals surface area contributed by atoms with Crippen molar-refractivity contribution in [3.8, 4) is 5.75 Å². The van der Waals surface area contributed by atoms with Gasteiger partial charge in [-0.3, -0.25) is 0 Å². The maximum atomic E-state index is 12.7. The molecule has 0 saturated carbocycles. The highest BCUT2D eigenvalue weighted by Crippen LogP contribution is 2.35. The summed E-state index contributed by atoms with van der Waals surface area (Å²) in [6.45, 7) is 11.0. The molecule has 2 rings (SSSR count). The molecule has 0 atom stereocenters. The molecular formula is C20H31BrClN3O3. The summed E-state index contributed by atoms with van der Waals surface area (Å²) in [6, 6.07) is 3.88. The number of carbonyl (C=O) groups is 1. The first-order valence-corrected chi connectivity index (χ1v) is 10.2. The lowest BCUT2D eigenvalue weighted by molar-refractivity contribution is 0.0527. The van der Waals surface area contributed by atoms with Crippen LogP contribution in [0.5, 0.6) is 5.75 Å². The molecule has 0 aliphatic carbocycles. The summed E-state index contributed by atoms with van der Waals surface area (Å²) in [4.78, 5) is 15.1. The fourth-order valence-corrected chi connectivity index (χ4v) is 3.76. The number of carbonyl (C=O) groups excluding carboxylic acids is 1. The number of methoxy groups -OCH3 is 1. The number of nitrogens with one attached hydrogen (secondary N) is 1. The molecule has 1 aromatic heterocycles. The quantitative estimate of drug-likeness (QED) is 0.415. The van der Waals surface area contributed by atoms with Crippen LogP contribution in [-0.4, -0.2) is 55.3 Å². The van der Waals surface area contributed by atoms with Crippen LogP contribution in [0.4, 0.5) is 0 Å². The van der Waals surface area contributed by atoms with E-state index in [4.69, 9.17) is 9.47 Å². The van der Waals surface area contributed by atoms with Crippen LogP contribution in [0.1, 0.15) is 36.8 Å². The third kappa shape index (κ3) is 5.41. The first kappa shape index (κ1) is 24.8. The van der Waals surface area contributed by atoms with Gasteiger partial charge in [0.05, 0.1) is 29.3 Å². The number of nitrogens with zero attached hydrogens (tertiary/aromatic N) is 2. The topological polar surface area (TPSA) is 55.7 Å². The van der Waals surface area contributed by atoms with E-state index in [2.05, 4.69) is 44.6 Å². The standard InChI is InChI=1S/C20H30BrN3O3.ClH/c1-6-24(7-2)10-9-22-13-17-19(20(25)27-8-3)14-11-18(26-5)15(21)12-16(14)23(17)4;/h11-12,22H,6-10,13H2,1-5H3;1H. The van der Waals surface area contributed by atoms with Crippen molar-refractivity contribution < 1.29 is 14.3 Å². The molecule has 8 heteroatoms. The highest BCUT2D eigenvalue weighted by molar-refractivity contribution is 9.10. The zero-order valence-corrected chi connectivity index (χ0v) is 19.7. The van der Waals surface area contributed by atoms with E-state index in [1.807, 2.05) is 26.1 Å². The van der Waals surface area contributed by atoms with Gasteiger partial charge in [0.15, 0.2) is 0 Å². The van der Waals surface area contributed by atoms with Gasteiger partial charge in [-0.1, -0.05) is 13.8 Å². The van der Waals surface area contributed by atoms with Gasteiger partial charge in [0.2, 0.25) is 0 Å². The molecule has 0 unspecified atom stereocenters. The molecule has 0 bridgehead atoms. The minimum atomic E-state index is -0.298. The van der Waals surface area contributed by atoms with Crippen LogP contribution in [0.15, 0.2) is 16.6 Å². The number of aromatic nitrogens is 1. The summed E-state index contributed by atoms with van der Waals surface area (Å²) < 4.78 is 13.7. The normalized spacial score (nSPS) is 11.0. The molecule has 1 aromatic carbocycles. The van der Waals surface area contributed by atoms with Crippen molar-refractivity contribution in [2.75, 3.05) is 39.9 Å². The predicted molar refractivity (Wildman–Crippen MR) is 120 cm³/mol. The Morgan fingerprint density at radius 3 is 2.50 bits per heavy atom. The highest BCUT2D eigenvalue weighted by atomic mass is 79.9. The number of halogens is 2. The Morgan fingerprint density at radius 1 is 1.25 bits per heavy atom. The van der Waals surface area contributed by atoms with Crippen molar-refractivity contribution in [1.29, 1.82) is 0 Å². The minimum absolute atomic E-state index is 0. The summed E-state index contributed by atoms with van der Waals surface area (Å²) in [7, 11) is 3.60. The molecule has 28 heavy (non-hydrogen) atoms. The molecule has 0 aliphatic heterocycles. The number of hydrogen-bond donors (Lipinski definition) is 1. The van der Waals surface area contributed by atoms with Gasteiger partial charge >= 0.3 is 5.97 Å². The lowest BCUT2D eigenvalue weighted by Crippen LogP contribution is -2.32. The number of likely N-dealkylation sites (N-methyl/N-ethyl adjacent to an activating group) is 1. The van der Waals surface area contributed by atoms with Crippen molar-refractivity contribution in [3.63, 3.8) is 0 Å². The Balaban J connectivity index is 0.00000392. The van der Waals surface area contributed by atoms with Gasteiger partial charge < -0.3 is 24.3 Å². The summed E-state index contributed by atoms with van der Waals surface area (Å²) >= 11 is 3.53. The largest absolute Gasteiger partial charge is 0.496 e. The number of benzene rings is 1. The smallest absolute Gasteiger partial charge is 0.340 e. The van der Waals surface area contributed by atoms with Gasteiger partial charge in [-0.15, -0.1) is 12.4 Å². The maximum absolute atomic E-state index is 12.7. The fraction of sp³-hybridized carbons (Fsp3) is 0.550. The van der Waals surface area contributed by atoms with E-state index in [9.17, 15) is 4.79 Å². The van der Waals surface area contributed by atoms with Gasteiger partial charge in [0, 0.05) is 37.8 Å². The summed E-state index contributed by atoms with van der Waals surface area (Å²) in [5.41, 5.74) is 2.49. The number of fused-ring (bicyclic) bond motifs is 1. The molecule has 1 N–H and O–H groups in total. The molecule has 0 spiro atoms. The molecule has 0 fully saturated rings. The molecule has 6 nitrogen and oxygen atoms in total. The van der Waals surface area contributed by atoms with Crippen LogP contribution >= 0.6 is 28.3 Å². The SMILES string of the molecule is CCOC(=O)c1c(CNCCN(CC)CC)n(C)c2cc(Br)c(OC)cc12.Cl. The van der Waals surface area contributed by atoms with E-state index in [0.29, 0.717) is 24.5 Å². The monoisotopic (exact) mass is 475 g/mol. The van der Waals surface area contributed by atoms with Crippen LogP contribution < -0.4 is 10.1 Å². The lowest BCUT2D eigenvalue weighted by Gasteiger charge is -2.18. The van der Waals surface area contributed by atoms with Gasteiger partial charge in [-0.05, 0) is 48.1 Å². The Hall–Kier alpha value is -1.28. The Bertz CT molecular complexity index is 791. The second-order valence-electron chi connectivity index (χ2n) is 6.31. The van der Waals surface area contributed by atoms with Crippen molar-refractivity contribution >= 4 is 45.2 Å². The Morgan fingerprint density at radius 2 is 1.93 bits per heavy atom. The highest BCUT2D eigenvalue weighted by Gasteiger charge is 2.23. The Labute approximate surface area is 182 Å². The summed E-state index contributed by atoms with van der Waals surface area (Å²) in [5, 5.41) is 4.31. The van der Waals surface area contributed by atoms with Crippen LogP contribution in [-0.2, 0) is 18.3 Å². The average Bonchev–Trinajstić information content (AvgIpc) is 2.93. The van der Waals surface area contributed by atoms with E-state index in [1.54, 1.807) is 7.11 Å². The fourth-order valence-electron chi connectivity index (χ4n) is 3.27. The van der Waals surface area contributed by atoms with Gasteiger partial charge in [0.25, 0.3) is 0 Å². The van der Waals surface area contributed by atoms with Crippen LogP contribution in [0.2, 0.25) is 0 Å². The third-order valence-corrected chi connectivity index (χ3v) is 5.49. The van der Waals surface area contributed by atoms with Crippen molar-refractivity contribution in [3.05, 3.63) is 27.9 Å². The lowest BCUT2D eigenvalue weighted by atomic mass is 10.1. The second kappa shape index (κ2) is 11.7. The number of ether oxygens (including phenoxy) is 2. The molecule has 158 valence electrons. The first-order valence-electron chi connectivity index (χ1n) is 9.43. The molecule has 0 saturated heterocycles. The predicted octanol–water partition coefficient (Wildman–Crippen LogP) is 3.98. The third-order valence-electron chi connectivity index (χ3n) is 4.87. The van der Waals surface area contributed by atoms with Crippen molar-refractivity contribution in [2.45, 2.75) is 27.3 Å². The van der Waals surface area contributed by atoms with Crippen LogP contribution in [0.3, 0.4) is 0 Å². The second-order valence-corrected chi connectivity index (χ2v) is 7.16. The summed E-state index contributed by atoms with van der Waals surface area (Å²) in [6.07, 6.45) is 0. The molecule has 1 heterocycles. The zero-order valence-electron chi connectivity index (χ0n) is 17.3. The van der Waals surface area contributed by atoms with E-state index < -0.39 is 0 Å². The number of hydrogen-bond acceptors (Lipinski definition) is 5. The van der Waals surface area contributed by atoms with Crippen LogP contribution in [0, 0.1) is 0 Å². The average molecular weight is 477 g/mol. The number of aryl methyl sites for hydroxylation is 1. The molecule has 2 aromatic rings. The first-order chi connectivity index (χ1) is 13.0. The van der Waals surface area contributed by atoms with Crippen LogP contribution in [0.25, 0.3) is 10.9 Å². The summed E-state index contributed by atoms with van der Waals surface area (Å²) in [5.74, 6) is 0.396. The van der Waals surface area contributed by atoms with Gasteiger partial charge in [-0.2, -0.15) is 0 Å². The maximum Gasteiger partial charge on any atom is 0.340 e. The Kier molecular flexibility index (Phi) is 10.3. The number of esters is 1. The van der Waals surface area contributed by atoms with E-state index in [0.717, 1.165) is 47.2 Å². The molecule has 0 amide bonds. The van der Waals surface area contributed by atoms with Crippen molar-refractivity contribution in [1.82, 2.24) is 14.8 Å². The number of rotatable bonds is 10. The zero-order chi connectivity index (χ0) is 20.0. The molecular weight excluding hydrogens is 446 g/mol. The van der Waals surface area contributed by atoms with E-state index in [1.165, 1.54) is 0 Å². The minimum Gasteiger partial charge on any atom is -0.496 e. The molecule has 0 radical (unpaired) electrons. The van der Waals surface area contributed by atoms with Crippen molar-refractivity contribution in [2.24, 2.45) is 7.05 Å². The van der Waals surface area contributed by atoms with E-state index in [-0.39, 0.29) is 18.4 Å². The van der Waals surface area contributed by atoms with Gasteiger partial charge in [-0.25, -0.2) is 4.79 Å². The van der Waals surface area contributed by atoms with E-state index >= 15 is 0 Å². The molecule has 0 aliphatic rings.